The Morgan fingerprint density at radius 3 is 2.67 bits per heavy atom. The van der Waals surface area contributed by atoms with E-state index in [1.54, 1.807) is 0 Å². The Morgan fingerprint density at radius 2 is 2.00 bits per heavy atom. The van der Waals surface area contributed by atoms with Gasteiger partial charge in [-0.3, -0.25) is 0 Å². The van der Waals surface area contributed by atoms with Crippen LogP contribution in [-0.4, -0.2) is 18.1 Å². The first-order valence-corrected chi connectivity index (χ1v) is 5.63. The number of benzene rings is 1. The zero-order chi connectivity index (χ0) is 11.1. The molecule has 2 nitrogen and oxygen atoms in total. The monoisotopic (exact) mass is 204 g/mol. The Bertz CT molecular complexity index is 352. The van der Waals surface area contributed by atoms with Gasteiger partial charge in [0.2, 0.25) is 0 Å². The summed E-state index contributed by atoms with van der Waals surface area (Å²) in [6.07, 6.45) is 1.15. The molecule has 1 atom stereocenters. The number of anilines is 1. The molecule has 2 N–H and O–H groups in total. The second kappa shape index (κ2) is 3.53. The van der Waals surface area contributed by atoms with Gasteiger partial charge in [-0.2, -0.15) is 0 Å². The molecule has 1 aromatic rings. The summed E-state index contributed by atoms with van der Waals surface area (Å²) in [6.45, 7) is 7.50. The molecule has 0 radical (unpaired) electrons. The van der Waals surface area contributed by atoms with Gasteiger partial charge in [0.15, 0.2) is 0 Å². The van der Waals surface area contributed by atoms with Crippen molar-refractivity contribution < 1.29 is 0 Å². The SMILES string of the molecule is CC(N1CCc2ccccc21)C(C)(C)N. The van der Waals surface area contributed by atoms with E-state index in [2.05, 4.69) is 49.9 Å². The van der Waals surface area contributed by atoms with E-state index in [4.69, 9.17) is 5.73 Å². The van der Waals surface area contributed by atoms with Crippen LogP contribution in [-0.2, 0) is 6.42 Å². The molecular formula is C13H20N2. The Balaban J connectivity index is 2.28. The van der Waals surface area contributed by atoms with E-state index < -0.39 is 0 Å². The van der Waals surface area contributed by atoms with Crippen molar-refractivity contribution in [3.8, 4) is 0 Å². The van der Waals surface area contributed by atoms with Crippen LogP contribution < -0.4 is 10.6 Å². The van der Waals surface area contributed by atoms with Gasteiger partial charge in [0.1, 0.15) is 0 Å². The molecule has 0 bridgehead atoms. The van der Waals surface area contributed by atoms with Crippen LogP contribution in [0, 0.1) is 0 Å². The zero-order valence-electron chi connectivity index (χ0n) is 9.83. The minimum absolute atomic E-state index is 0.155. The van der Waals surface area contributed by atoms with Gasteiger partial charge < -0.3 is 10.6 Å². The van der Waals surface area contributed by atoms with Crippen LogP contribution in [0.5, 0.6) is 0 Å². The average molecular weight is 204 g/mol. The van der Waals surface area contributed by atoms with E-state index in [1.807, 2.05) is 0 Å². The Morgan fingerprint density at radius 1 is 1.33 bits per heavy atom. The quantitative estimate of drug-likeness (QED) is 0.800. The maximum Gasteiger partial charge on any atom is 0.0436 e. The van der Waals surface area contributed by atoms with Crippen molar-refractivity contribution in [3.63, 3.8) is 0 Å². The summed E-state index contributed by atoms with van der Waals surface area (Å²) in [4.78, 5) is 2.43. The summed E-state index contributed by atoms with van der Waals surface area (Å²) in [5, 5.41) is 0. The molecule has 1 aliphatic heterocycles. The number of fused-ring (bicyclic) bond motifs is 1. The minimum Gasteiger partial charge on any atom is -0.366 e. The highest BCUT2D eigenvalue weighted by Gasteiger charge is 2.30. The average Bonchev–Trinajstić information content (AvgIpc) is 2.58. The lowest BCUT2D eigenvalue weighted by molar-refractivity contribution is 0.411. The molecule has 0 saturated carbocycles. The first-order valence-electron chi connectivity index (χ1n) is 5.63. The van der Waals surface area contributed by atoms with Gasteiger partial charge in [-0.15, -0.1) is 0 Å². The molecule has 15 heavy (non-hydrogen) atoms. The summed E-state index contributed by atoms with van der Waals surface area (Å²) < 4.78 is 0. The normalized spacial score (nSPS) is 17.7. The second-order valence-corrected chi connectivity index (χ2v) is 5.07. The van der Waals surface area contributed by atoms with Crippen LogP contribution in [0.1, 0.15) is 26.3 Å². The van der Waals surface area contributed by atoms with Gasteiger partial charge in [-0.1, -0.05) is 18.2 Å². The van der Waals surface area contributed by atoms with Crippen molar-refractivity contribution in [3.05, 3.63) is 29.8 Å². The Kier molecular flexibility index (Phi) is 2.47. The molecule has 0 spiro atoms. The lowest BCUT2D eigenvalue weighted by Crippen LogP contribution is -2.52. The highest BCUT2D eigenvalue weighted by Crippen LogP contribution is 2.31. The standard InChI is InChI=1S/C13H20N2/c1-10(13(2,3)14)15-9-8-11-6-4-5-7-12(11)15/h4-7,10H,8-9,14H2,1-3H3. The van der Waals surface area contributed by atoms with Gasteiger partial charge in [0.25, 0.3) is 0 Å². The molecule has 0 aliphatic carbocycles. The summed E-state index contributed by atoms with van der Waals surface area (Å²) >= 11 is 0. The smallest absolute Gasteiger partial charge is 0.0436 e. The predicted octanol–water partition coefficient (Wildman–Crippen LogP) is 2.17. The Hall–Kier alpha value is -1.02. The van der Waals surface area contributed by atoms with E-state index in [1.165, 1.54) is 11.3 Å². The topological polar surface area (TPSA) is 29.3 Å². The van der Waals surface area contributed by atoms with Crippen LogP contribution in [0.3, 0.4) is 0 Å². The van der Waals surface area contributed by atoms with Crippen molar-refractivity contribution >= 4 is 5.69 Å². The second-order valence-electron chi connectivity index (χ2n) is 5.07. The Labute approximate surface area is 92.1 Å². The van der Waals surface area contributed by atoms with Gasteiger partial charge in [-0.25, -0.2) is 0 Å². The minimum atomic E-state index is -0.155. The van der Waals surface area contributed by atoms with E-state index in [9.17, 15) is 0 Å². The first kappa shape index (κ1) is 10.5. The van der Waals surface area contributed by atoms with Gasteiger partial charge in [0.05, 0.1) is 0 Å². The molecule has 2 heteroatoms. The molecule has 1 unspecified atom stereocenters. The maximum absolute atomic E-state index is 6.17. The fourth-order valence-corrected chi connectivity index (χ4v) is 2.17. The van der Waals surface area contributed by atoms with Crippen molar-refractivity contribution in [2.75, 3.05) is 11.4 Å². The van der Waals surface area contributed by atoms with Crippen molar-refractivity contribution in [1.82, 2.24) is 0 Å². The molecule has 0 saturated heterocycles. The molecule has 0 aromatic heterocycles. The number of nitrogens with two attached hydrogens (primary N) is 1. The third-order valence-corrected chi connectivity index (χ3v) is 3.47. The van der Waals surface area contributed by atoms with E-state index in [-0.39, 0.29) is 5.54 Å². The van der Waals surface area contributed by atoms with Crippen LogP contribution >= 0.6 is 0 Å². The van der Waals surface area contributed by atoms with E-state index in [0.29, 0.717) is 6.04 Å². The molecule has 1 heterocycles. The molecule has 0 amide bonds. The lowest BCUT2D eigenvalue weighted by Gasteiger charge is -2.37. The van der Waals surface area contributed by atoms with Crippen LogP contribution in [0.15, 0.2) is 24.3 Å². The van der Waals surface area contributed by atoms with Gasteiger partial charge in [-0.05, 0) is 38.8 Å². The number of rotatable bonds is 2. The fourth-order valence-electron chi connectivity index (χ4n) is 2.17. The third kappa shape index (κ3) is 1.86. The highest BCUT2D eigenvalue weighted by molar-refractivity contribution is 5.58. The maximum atomic E-state index is 6.17. The lowest BCUT2D eigenvalue weighted by atomic mass is 9.96. The predicted molar refractivity (Wildman–Crippen MR) is 65.2 cm³/mol. The molecular weight excluding hydrogens is 184 g/mol. The van der Waals surface area contributed by atoms with Crippen LogP contribution in [0.4, 0.5) is 5.69 Å². The highest BCUT2D eigenvalue weighted by atomic mass is 15.2. The van der Waals surface area contributed by atoms with Crippen molar-refractivity contribution in [1.29, 1.82) is 0 Å². The fraction of sp³-hybridized carbons (Fsp3) is 0.538. The third-order valence-electron chi connectivity index (χ3n) is 3.47. The summed E-state index contributed by atoms with van der Waals surface area (Å²) in [5.41, 5.74) is 8.84. The summed E-state index contributed by atoms with van der Waals surface area (Å²) in [7, 11) is 0. The summed E-state index contributed by atoms with van der Waals surface area (Å²) in [6, 6.07) is 9.01. The molecule has 0 fully saturated rings. The van der Waals surface area contributed by atoms with E-state index in [0.717, 1.165) is 13.0 Å². The van der Waals surface area contributed by atoms with Gasteiger partial charge in [0, 0.05) is 23.8 Å². The van der Waals surface area contributed by atoms with Crippen molar-refractivity contribution in [2.24, 2.45) is 5.73 Å². The molecule has 82 valence electrons. The number of hydrogen-bond acceptors (Lipinski definition) is 2. The summed E-state index contributed by atoms with van der Waals surface area (Å²) in [5.74, 6) is 0. The van der Waals surface area contributed by atoms with Crippen LogP contribution in [0.25, 0.3) is 0 Å². The van der Waals surface area contributed by atoms with Gasteiger partial charge >= 0.3 is 0 Å². The van der Waals surface area contributed by atoms with Crippen molar-refractivity contribution in [2.45, 2.75) is 38.8 Å². The first-order chi connectivity index (χ1) is 7.00. The molecule has 2 rings (SSSR count). The zero-order valence-corrected chi connectivity index (χ0v) is 9.83. The van der Waals surface area contributed by atoms with Crippen LogP contribution in [0.2, 0.25) is 0 Å². The van der Waals surface area contributed by atoms with E-state index >= 15 is 0 Å². The number of nitrogens with zero attached hydrogens (tertiary/aromatic N) is 1. The molecule has 1 aromatic carbocycles. The molecule has 1 aliphatic rings. The number of hydrogen-bond donors (Lipinski definition) is 1. The number of para-hydroxylation sites is 1. The largest absolute Gasteiger partial charge is 0.366 e.